The maximum atomic E-state index is 12.7. The van der Waals surface area contributed by atoms with Gasteiger partial charge in [0.15, 0.2) is 11.5 Å². The lowest BCUT2D eigenvalue weighted by Gasteiger charge is -2.33. The maximum Gasteiger partial charge on any atom is 0.227 e. The quantitative estimate of drug-likeness (QED) is 0.861. The fraction of sp³-hybridized carbons (Fsp3) is 0.389. The number of hydrogen-bond acceptors (Lipinski definition) is 4. The summed E-state index contributed by atoms with van der Waals surface area (Å²) in [6.45, 7) is 2.90. The second-order valence-electron chi connectivity index (χ2n) is 5.68. The molecule has 0 radical (unpaired) electrons. The molecule has 2 heterocycles. The van der Waals surface area contributed by atoms with Gasteiger partial charge in [0.2, 0.25) is 5.91 Å². The predicted octanol–water partition coefficient (Wildman–Crippen LogP) is 3.45. The first-order chi connectivity index (χ1) is 11.1. The summed E-state index contributed by atoms with van der Waals surface area (Å²) in [6.07, 6.45) is 1.33. The van der Waals surface area contributed by atoms with Crippen molar-refractivity contribution in [3.63, 3.8) is 0 Å². The lowest BCUT2D eigenvalue weighted by Crippen LogP contribution is -2.39. The summed E-state index contributed by atoms with van der Waals surface area (Å²) >= 11 is 1.79. The lowest BCUT2D eigenvalue weighted by atomic mass is 10.0. The van der Waals surface area contributed by atoms with E-state index in [4.69, 9.17) is 9.47 Å². The van der Waals surface area contributed by atoms with E-state index in [0.717, 1.165) is 18.5 Å². The van der Waals surface area contributed by atoms with Gasteiger partial charge in [0.05, 0.1) is 26.7 Å². The van der Waals surface area contributed by atoms with E-state index in [1.54, 1.807) is 25.6 Å². The molecule has 3 rings (SSSR count). The maximum absolute atomic E-state index is 12.7. The topological polar surface area (TPSA) is 38.8 Å². The number of thiophene rings is 1. The highest BCUT2D eigenvalue weighted by atomic mass is 32.1. The van der Waals surface area contributed by atoms with Crippen LogP contribution in [0, 0.1) is 0 Å². The zero-order valence-corrected chi connectivity index (χ0v) is 14.5. The van der Waals surface area contributed by atoms with Crippen LogP contribution in [-0.2, 0) is 17.6 Å². The van der Waals surface area contributed by atoms with Crippen LogP contribution in [0.25, 0.3) is 0 Å². The van der Waals surface area contributed by atoms with Crippen molar-refractivity contribution >= 4 is 17.2 Å². The van der Waals surface area contributed by atoms with Crippen LogP contribution in [0.1, 0.15) is 29.0 Å². The minimum absolute atomic E-state index is 0.151. The third-order valence-corrected chi connectivity index (χ3v) is 5.40. The number of ether oxygens (including phenoxy) is 2. The molecule has 0 bridgehead atoms. The van der Waals surface area contributed by atoms with Gasteiger partial charge in [0.25, 0.3) is 0 Å². The molecule has 1 amide bonds. The van der Waals surface area contributed by atoms with Crippen molar-refractivity contribution in [3.8, 4) is 11.5 Å². The van der Waals surface area contributed by atoms with E-state index in [1.165, 1.54) is 10.4 Å². The Kier molecular flexibility index (Phi) is 4.57. The smallest absolute Gasteiger partial charge is 0.227 e. The Morgan fingerprint density at radius 1 is 1.26 bits per heavy atom. The largest absolute Gasteiger partial charge is 0.493 e. The van der Waals surface area contributed by atoms with Gasteiger partial charge >= 0.3 is 0 Å². The van der Waals surface area contributed by atoms with E-state index in [0.29, 0.717) is 17.9 Å². The average Bonchev–Trinajstić information content (AvgIpc) is 3.04. The normalized spacial score (nSPS) is 16.8. The van der Waals surface area contributed by atoms with Crippen molar-refractivity contribution in [2.24, 2.45) is 0 Å². The third-order valence-electron chi connectivity index (χ3n) is 4.40. The van der Waals surface area contributed by atoms with Crippen LogP contribution in [0.5, 0.6) is 11.5 Å². The highest BCUT2D eigenvalue weighted by Gasteiger charge is 2.28. The van der Waals surface area contributed by atoms with Crippen LogP contribution >= 0.6 is 11.3 Å². The molecular formula is C18H21NO3S. The molecule has 1 atom stereocenters. The molecule has 0 spiro atoms. The monoisotopic (exact) mass is 331 g/mol. The minimum atomic E-state index is 0.151. The highest BCUT2D eigenvalue weighted by Crippen LogP contribution is 2.33. The molecular weight excluding hydrogens is 310 g/mol. The van der Waals surface area contributed by atoms with E-state index in [1.807, 2.05) is 23.1 Å². The molecule has 0 unspecified atom stereocenters. The van der Waals surface area contributed by atoms with Gasteiger partial charge in [-0.3, -0.25) is 4.79 Å². The van der Waals surface area contributed by atoms with Gasteiger partial charge in [0, 0.05) is 11.4 Å². The van der Waals surface area contributed by atoms with Crippen LogP contribution in [0.3, 0.4) is 0 Å². The molecule has 0 N–H and O–H groups in total. The van der Waals surface area contributed by atoms with Crippen LogP contribution < -0.4 is 9.47 Å². The van der Waals surface area contributed by atoms with Gasteiger partial charge in [-0.05, 0) is 48.1 Å². The summed E-state index contributed by atoms with van der Waals surface area (Å²) in [5.41, 5.74) is 2.23. The predicted molar refractivity (Wildman–Crippen MR) is 91.4 cm³/mol. The fourth-order valence-corrected chi connectivity index (χ4v) is 4.08. The first kappa shape index (κ1) is 15.9. The Bertz CT molecular complexity index is 710. The van der Waals surface area contributed by atoms with Crippen molar-refractivity contribution in [1.29, 1.82) is 0 Å². The van der Waals surface area contributed by atoms with Gasteiger partial charge in [-0.25, -0.2) is 0 Å². The Balaban J connectivity index is 1.75. The van der Waals surface area contributed by atoms with E-state index in [2.05, 4.69) is 18.4 Å². The first-order valence-corrected chi connectivity index (χ1v) is 8.58. The van der Waals surface area contributed by atoms with Gasteiger partial charge in [-0.15, -0.1) is 11.3 Å². The molecule has 0 fully saturated rings. The molecule has 1 aliphatic heterocycles. The molecule has 0 saturated heterocycles. The lowest BCUT2D eigenvalue weighted by molar-refractivity contribution is -0.133. The van der Waals surface area contributed by atoms with E-state index < -0.39 is 0 Å². The van der Waals surface area contributed by atoms with Crippen molar-refractivity contribution in [1.82, 2.24) is 4.90 Å². The number of hydrogen-bond donors (Lipinski definition) is 0. The Hall–Kier alpha value is -2.01. The summed E-state index contributed by atoms with van der Waals surface area (Å²) in [7, 11) is 3.21. The van der Waals surface area contributed by atoms with Crippen molar-refractivity contribution in [2.75, 3.05) is 20.8 Å². The SMILES string of the molecule is COc1ccc(CC(=O)N2CCc3sccc3[C@H]2C)cc1OC. The second-order valence-corrected chi connectivity index (χ2v) is 6.68. The number of carbonyl (C=O) groups is 1. The standard InChI is InChI=1S/C18H21NO3S/c1-12-14-7-9-23-17(14)6-8-19(12)18(20)11-13-4-5-15(21-2)16(10-13)22-3/h4-5,7,9-10,12H,6,8,11H2,1-3H3/t12-/m1/s1. The molecule has 23 heavy (non-hydrogen) atoms. The van der Waals surface area contributed by atoms with Gasteiger partial charge in [0.1, 0.15) is 0 Å². The van der Waals surface area contributed by atoms with E-state index in [9.17, 15) is 4.79 Å². The van der Waals surface area contributed by atoms with Gasteiger partial charge < -0.3 is 14.4 Å². The van der Waals surface area contributed by atoms with Crippen LogP contribution in [-0.4, -0.2) is 31.6 Å². The molecule has 1 aromatic heterocycles. The summed E-state index contributed by atoms with van der Waals surface area (Å²) in [5.74, 6) is 1.49. The number of methoxy groups -OCH3 is 2. The van der Waals surface area contributed by atoms with Crippen LogP contribution in [0.4, 0.5) is 0 Å². The minimum Gasteiger partial charge on any atom is -0.493 e. The average molecular weight is 331 g/mol. The molecule has 1 aromatic carbocycles. The fourth-order valence-electron chi connectivity index (χ4n) is 3.12. The number of amides is 1. The first-order valence-electron chi connectivity index (χ1n) is 7.70. The number of carbonyl (C=O) groups excluding carboxylic acids is 1. The van der Waals surface area contributed by atoms with Crippen LogP contribution in [0.15, 0.2) is 29.6 Å². The van der Waals surface area contributed by atoms with E-state index in [-0.39, 0.29) is 11.9 Å². The second kappa shape index (κ2) is 6.62. The van der Waals surface area contributed by atoms with Gasteiger partial charge in [-0.2, -0.15) is 0 Å². The number of fused-ring (bicyclic) bond motifs is 1. The highest BCUT2D eigenvalue weighted by molar-refractivity contribution is 7.10. The Labute approximate surface area is 140 Å². The molecule has 1 aliphatic rings. The summed E-state index contributed by atoms with van der Waals surface area (Å²) in [4.78, 5) is 16.1. The summed E-state index contributed by atoms with van der Waals surface area (Å²) < 4.78 is 10.6. The van der Waals surface area contributed by atoms with Crippen molar-refractivity contribution < 1.29 is 14.3 Å². The molecule has 5 heteroatoms. The molecule has 122 valence electrons. The zero-order valence-electron chi connectivity index (χ0n) is 13.7. The Morgan fingerprint density at radius 3 is 2.78 bits per heavy atom. The van der Waals surface area contributed by atoms with Crippen molar-refractivity contribution in [2.45, 2.75) is 25.8 Å². The molecule has 0 saturated carbocycles. The molecule has 0 aliphatic carbocycles. The van der Waals surface area contributed by atoms with Crippen LogP contribution in [0.2, 0.25) is 0 Å². The van der Waals surface area contributed by atoms with Gasteiger partial charge in [-0.1, -0.05) is 6.07 Å². The zero-order chi connectivity index (χ0) is 16.4. The Morgan fingerprint density at radius 2 is 2.04 bits per heavy atom. The molecule has 4 nitrogen and oxygen atoms in total. The van der Waals surface area contributed by atoms with E-state index >= 15 is 0 Å². The number of nitrogens with zero attached hydrogens (tertiary/aromatic N) is 1. The van der Waals surface area contributed by atoms with Crippen molar-refractivity contribution in [3.05, 3.63) is 45.6 Å². The number of rotatable bonds is 4. The summed E-state index contributed by atoms with van der Waals surface area (Å²) in [5, 5.41) is 2.11. The third kappa shape index (κ3) is 3.06. The summed E-state index contributed by atoms with van der Waals surface area (Å²) in [6, 6.07) is 7.93. The number of benzene rings is 1. The molecule has 2 aromatic rings.